The molecule has 0 aliphatic carbocycles. The average Bonchev–Trinajstić information content (AvgIpc) is 2.93. The maximum Gasteiger partial charge on any atom is 0.319 e. The number of aryl methyl sites for hydroxylation is 1. The second-order valence-corrected chi connectivity index (χ2v) is 3.88. The van der Waals surface area contributed by atoms with Gasteiger partial charge in [-0.05, 0) is 24.6 Å². The Labute approximate surface area is 101 Å². The fourth-order valence-corrected chi connectivity index (χ4v) is 1.72. The Balaban J connectivity index is 2.19. The normalized spacial score (nSPS) is 10.9. The van der Waals surface area contributed by atoms with Crippen molar-refractivity contribution in [1.82, 2.24) is 15.2 Å². The maximum absolute atomic E-state index is 10.8. The molecule has 0 amide bonds. The third kappa shape index (κ3) is 1.53. The number of hydrogen-bond donors (Lipinski definition) is 1. The molecule has 0 saturated carbocycles. The lowest BCUT2D eigenvalue weighted by Crippen LogP contribution is -1.88. The molecule has 0 spiro atoms. The number of oxazole rings is 1. The summed E-state index contributed by atoms with van der Waals surface area (Å²) < 4.78 is 5.47. The highest BCUT2D eigenvalue weighted by Crippen LogP contribution is 2.29. The zero-order valence-electron chi connectivity index (χ0n) is 9.38. The Morgan fingerprint density at radius 2 is 2.28 bits per heavy atom. The molecule has 0 saturated heterocycles. The summed E-state index contributed by atoms with van der Waals surface area (Å²) >= 11 is 0. The van der Waals surface area contributed by atoms with Crippen LogP contribution in [0.3, 0.4) is 0 Å². The molecule has 90 valence electrons. The number of hydrogen-bond acceptors (Lipinski definition) is 5. The minimum absolute atomic E-state index is 0.154. The summed E-state index contributed by atoms with van der Waals surface area (Å²) in [6, 6.07) is 5.52. The van der Waals surface area contributed by atoms with Gasteiger partial charge in [-0.3, -0.25) is 15.2 Å². The Hall–Kier alpha value is -2.70. The number of aromatic nitrogens is 3. The van der Waals surface area contributed by atoms with E-state index >= 15 is 0 Å². The van der Waals surface area contributed by atoms with Crippen LogP contribution < -0.4 is 0 Å². The number of H-pyrrole nitrogens is 1. The number of fused-ring (bicyclic) bond motifs is 1. The van der Waals surface area contributed by atoms with Gasteiger partial charge in [-0.15, -0.1) is 0 Å². The first-order valence-electron chi connectivity index (χ1n) is 5.20. The van der Waals surface area contributed by atoms with Gasteiger partial charge in [0, 0.05) is 0 Å². The third-order valence-electron chi connectivity index (χ3n) is 2.57. The van der Waals surface area contributed by atoms with Crippen LogP contribution in [0.2, 0.25) is 0 Å². The number of nitro groups is 1. The zero-order chi connectivity index (χ0) is 12.7. The molecule has 0 unspecified atom stereocenters. The Morgan fingerprint density at radius 3 is 3.06 bits per heavy atom. The minimum Gasteiger partial charge on any atom is -0.435 e. The van der Waals surface area contributed by atoms with E-state index in [4.69, 9.17) is 4.42 Å². The highest BCUT2D eigenvalue weighted by molar-refractivity contribution is 5.77. The van der Waals surface area contributed by atoms with Crippen molar-refractivity contribution in [2.45, 2.75) is 6.92 Å². The van der Waals surface area contributed by atoms with Crippen molar-refractivity contribution in [2.75, 3.05) is 0 Å². The molecule has 0 aliphatic heterocycles. The van der Waals surface area contributed by atoms with Gasteiger partial charge in [0.25, 0.3) is 5.89 Å². The molecule has 7 heteroatoms. The number of rotatable bonds is 2. The van der Waals surface area contributed by atoms with E-state index < -0.39 is 4.92 Å². The molecule has 7 nitrogen and oxygen atoms in total. The van der Waals surface area contributed by atoms with Gasteiger partial charge in [0.2, 0.25) is 0 Å². The SMILES string of the molecule is Cc1ccc2oc(-c3[nH]ncc3[N+](=O)[O-])nc2c1. The lowest BCUT2D eigenvalue weighted by molar-refractivity contribution is -0.384. The van der Waals surface area contributed by atoms with Gasteiger partial charge < -0.3 is 4.42 Å². The Morgan fingerprint density at radius 1 is 1.44 bits per heavy atom. The van der Waals surface area contributed by atoms with E-state index in [1.807, 2.05) is 19.1 Å². The molecule has 0 fully saturated rings. The van der Waals surface area contributed by atoms with E-state index in [9.17, 15) is 10.1 Å². The van der Waals surface area contributed by atoms with Crippen LogP contribution in [0, 0.1) is 17.0 Å². The summed E-state index contributed by atoms with van der Waals surface area (Å²) in [5.41, 5.74) is 2.31. The van der Waals surface area contributed by atoms with Crippen molar-refractivity contribution in [1.29, 1.82) is 0 Å². The lowest BCUT2D eigenvalue weighted by Gasteiger charge is -1.89. The van der Waals surface area contributed by atoms with Crippen LogP contribution in [0.25, 0.3) is 22.7 Å². The molecule has 1 N–H and O–H groups in total. The van der Waals surface area contributed by atoms with Crippen LogP contribution in [-0.4, -0.2) is 20.1 Å². The number of nitrogens with one attached hydrogen (secondary N) is 1. The molecule has 2 aromatic heterocycles. The van der Waals surface area contributed by atoms with Crippen molar-refractivity contribution in [2.24, 2.45) is 0 Å². The van der Waals surface area contributed by atoms with Gasteiger partial charge in [-0.1, -0.05) is 6.07 Å². The Kier molecular flexibility index (Phi) is 2.12. The topological polar surface area (TPSA) is 97.8 Å². The number of benzene rings is 1. The van der Waals surface area contributed by atoms with Crippen molar-refractivity contribution in [3.63, 3.8) is 0 Å². The summed E-state index contributed by atoms with van der Waals surface area (Å²) in [6.45, 7) is 1.94. The molecule has 2 heterocycles. The zero-order valence-corrected chi connectivity index (χ0v) is 9.38. The highest BCUT2D eigenvalue weighted by atomic mass is 16.6. The van der Waals surface area contributed by atoms with E-state index in [-0.39, 0.29) is 17.3 Å². The number of aromatic amines is 1. The largest absolute Gasteiger partial charge is 0.435 e. The summed E-state index contributed by atoms with van der Waals surface area (Å²) in [7, 11) is 0. The first-order valence-corrected chi connectivity index (χ1v) is 5.20. The molecule has 0 aliphatic rings. The third-order valence-corrected chi connectivity index (χ3v) is 2.57. The monoisotopic (exact) mass is 244 g/mol. The fourth-order valence-electron chi connectivity index (χ4n) is 1.72. The lowest BCUT2D eigenvalue weighted by atomic mass is 10.2. The molecular formula is C11H8N4O3. The molecule has 18 heavy (non-hydrogen) atoms. The van der Waals surface area contributed by atoms with E-state index in [1.54, 1.807) is 6.07 Å². The standard InChI is InChI=1S/C11H8N4O3/c1-6-2-3-9-7(4-6)13-11(18-9)10-8(15(16)17)5-12-14-10/h2-5H,1H3,(H,12,14). The molecule has 0 radical (unpaired) electrons. The molecule has 1 aromatic carbocycles. The average molecular weight is 244 g/mol. The van der Waals surface area contributed by atoms with Crippen LogP contribution in [0.4, 0.5) is 5.69 Å². The Bertz CT molecular complexity index is 744. The van der Waals surface area contributed by atoms with E-state index in [0.29, 0.717) is 11.1 Å². The van der Waals surface area contributed by atoms with Gasteiger partial charge >= 0.3 is 5.69 Å². The van der Waals surface area contributed by atoms with Gasteiger partial charge in [0.15, 0.2) is 11.3 Å². The summed E-state index contributed by atoms with van der Waals surface area (Å²) in [5, 5.41) is 17.0. The van der Waals surface area contributed by atoms with Gasteiger partial charge in [0.1, 0.15) is 11.7 Å². The minimum atomic E-state index is -0.529. The maximum atomic E-state index is 10.8. The molecular weight excluding hydrogens is 236 g/mol. The van der Waals surface area contributed by atoms with Gasteiger partial charge in [0.05, 0.1) is 4.92 Å². The van der Waals surface area contributed by atoms with E-state index in [2.05, 4.69) is 15.2 Å². The van der Waals surface area contributed by atoms with Crippen LogP contribution in [0.15, 0.2) is 28.8 Å². The molecule has 0 bridgehead atoms. The summed E-state index contributed by atoms with van der Waals surface area (Å²) in [5.74, 6) is 0.166. The number of nitrogens with zero attached hydrogens (tertiary/aromatic N) is 3. The van der Waals surface area contributed by atoms with Crippen LogP contribution in [-0.2, 0) is 0 Å². The molecule has 3 aromatic rings. The first-order chi connectivity index (χ1) is 8.65. The summed E-state index contributed by atoms with van der Waals surface area (Å²) in [4.78, 5) is 14.5. The molecule has 3 rings (SSSR count). The highest BCUT2D eigenvalue weighted by Gasteiger charge is 2.22. The molecule has 0 atom stereocenters. The predicted molar refractivity (Wildman–Crippen MR) is 63.0 cm³/mol. The summed E-state index contributed by atoms with van der Waals surface area (Å²) in [6.07, 6.45) is 1.13. The predicted octanol–water partition coefficient (Wildman–Crippen LogP) is 2.43. The second-order valence-electron chi connectivity index (χ2n) is 3.88. The van der Waals surface area contributed by atoms with Gasteiger partial charge in [-0.25, -0.2) is 4.98 Å². The second kappa shape index (κ2) is 3.66. The quantitative estimate of drug-likeness (QED) is 0.551. The fraction of sp³-hybridized carbons (Fsp3) is 0.0909. The first kappa shape index (κ1) is 10.5. The van der Waals surface area contributed by atoms with E-state index in [0.717, 1.165) is 11.8 Å². The van der Waals surface area contributed by atoms with Crippen LogP contribution in [0.1, 0.15) is 5.56 Å². The van der Waals surface area contributed by atoms with Gasteiger partial charge in [-0.2, -0.15) is 5.10 Å². The van der Waals surface area contributed by atoms with Crippen molar-refractivity contribution in [3.8, 4) is 11.6 Å². The van der Waals surface area contributed by atoms with Crippen molar-refractivity contribution >= 4 is 16.8 Å². The van der Waals surface area contributed by atoms with E-state index in [1.165, 1.54) is 0 Å². The van der Waals surface area contributed by atoms with Crippen LogP contribution in [0.5, 0.6) is 0 Å². The van der Waals surface area contributed by atoms with Crippen molar-refractivity contribution in [3.05, 3.63) is 40.1 Å². The van der Waals surface area contributed by atoms with Crippen LogP contribution >= 0.6 is 0 Å². The van der Waals surface area contributed by atoms with Crippen molar-refractivity contribution < 1.29 is 9.34 Å². The smallest absolute Gasteiger partial charge is 0.319 e.